The number of nitrogens with one attached hydrogen (secondary N) is 2. The summed E-state index contributed by atoms with van der Waals surface area (Å²) < 4.78 is 0. The average molecular weight is 278 g/mol. The van der Waals surface area contributed by atoms with E-state index < -0.39 is 0 Å². The fourth-order valence-electron chi connectivity index (χ4n) is 1.85. The Bertz CT molecular complexity index is 421. The third-order valence-electron chi connectivity index (χ3n) is 3.21. The van der Waals surface area contributed by atoms with Crippen LogP contribution in [-0.2, 0) is 12.0 Å². The number of aliphatic hydroxyl groups excluding tert-OH is 1. The van der Waals surface area contributed by atoms with Crippen LogP contribution in [0.4, 0.5) is 4.79 Å². The Morgan fingerprint density at radius 2 is 1.85 bits per heavy atom. The van der Waals surface area contributed by atoms with E-state index in [4.69, 9.17) is 5.11 Å². The van der Waals surface area contributed by atoms with Crippen LogP contribution in [0.5, 0.6) is 0 Å². The van der Waals surface area contributed by atoms with Crippen molar-refractivity contribution in [3.8, 4) is 0 Å². The van der Waals surface area contributed by atoms with Crippen LogP contribution in [0.25, 0.3) is 0 Å². The van der Waals surface area contributed by atoms with Crippen LogP contribution in [0, 0.1) is 0 Å². The molecule has 4 heteroatoms. The quantitative estimate of drug-likeness (QED) is 0.775. The lowest BCUT2D eigenvalue weighted by Gasteiger charge is -2.19. The van der Waals surface area contributed by atoms with Gasteiger partial charge in [-0.1, -0.05) is 45.0 Å². The molecule has 20 heavy (non-hydrogen) atoms. The Morgan fingerprint density at radius 3 is 2.35 bits per heavy atom. The third kappa shape index (κ3) is 5.61. The summed E-state index contributed by atoms with van der Waals surface area (Å²) in [6.45, 7) is 8.98. The second kappa shape index (κ2) is 7.29. The van der Waals surface area contributed by atoms with Gasteiger partial charge in [0.05, 0.1) is 0 Å². The SMILES string of the molecule is C[C@H](CCO)NC(=O)NCc1ccc(C(C)(C)C)cc1. The van der Waals surface area contributed by atoms with E-state index in [1.807, 2.05) is 19.1 Å². The fourth-order valence-corrected chi connectivity index (χ4v) is 1.85. The molecule has 1 aromatic carbocycles. The van der Waals surface area contributed by atoms with Crippen LogP contribution in [-0.4, -0.2) is 23.8 Å². The van der Waals surface area contributed by atoms with E-state index in [9.17, 15) is 4.79 Å². The molecule has 0 heterocycles. The molecule has 0 aliphatic carbocycles. The molecule has 0 radical (unpaired) electrons. The highest BCUT2D eigenvalue weighted by molar-refractivity contribution is 5.74. The van der Waals surface area contributed by atoms with Crippen molar-refractivity contribution in [1.82, 2.24) is 10.6 Å². The minimum atomic E-state index is -0.203. The minimum Gasteiger partial charge on any atom is -0.396 e. The van der Waals surface area contributed by atoms with Crippen molar-refractivity contribution in [2.24, 2.45) is 0 Å². The van der Waals surface area contributed by atoms with Crippen LogP contribution in [0.2, 0.25) is 0 Å². The third-order valence-corrected chi connectivity index (χ3v) is 3.21. The Hall–Kier alpha value is -1.55. The largest absolute Gasteiger partial charge is 0.396 e. The summed E-state index contributed by atoms with van der Waals surface area (Å²) in [5, 5.41) is 14.4. The van der Waals surface area contributed by atoms with Crippen molar-refractivity contribution in [2.45, 2.75) is 52.1 Å². The van der Waals surface area contributed by atoms with Gasteiger partial charge >= 0.3 is 6.03 Å². The van der Waals surface area contributed by atoms with E-state index in [0.717, 1.165) is 5.56 Å². The highest BCUT2D eigenvalue weighted by atomic mass is 16.3. The number of rotatable bonds is 5. The lowest BCUT2D eigenvalue weighted by molar-refractivity contribution is 0.230. The highest BCUT2D eigenvalue weighted by Crippen LogP contribution is 2.22. The molecule has 1 rings (SSSR count). The van der Waals surface area contributed by atoms with Crippen molar-refractivity contribution in [3.05, 3.63) is 35.4 Å². The van der Waals surface area contributed by atoms with Gasteiger partial charge in [-0.05, 0) is 29.9 Å². The van der Waals surface area contributed by atoms with Crippen molar-refractivity contribution in [1.29, 1.82) is 0 Å². The molecule has 0 saturated heterocycles. The Kier molecular flexibility index (Phi) is 6.02. The lowest BCUT2D eigenvalue weighted by atomic mass is 9.87. The first-order chi connectivity index (χ1) is 9.32. The average Bonchev–Trinajstić information content (AvgIpc) is 2.36. The van der Waals surface area contributed by atoms with Gasteiger partial charge in [0.2, 0.25) is 0 Å². The van der Waals surface area contributed by atoms with E-state index in [1.54, 1.807) is 0 Å². The van der Waals surface area contributed by atoms with Crippen LogP contribution in [0.1, 0.15) is 45.2 Å². The van der Waals surface area contributed by atoms with E-state index in [1.165, 1.54) is 5.56 Å². The monoisotopic (exact) mass is 278 g/mol. The number of carbonyl (C=O) groups excluding carboxylic acids is 1. The van der Waals surface area contributed by atoms with Crippen molar-refractivity contribution in [3.63, 3.8) is 0 Å². The molecule has 0 saturated carbocycles. The smallest absolute Gasteiger partial charge is 0.315 e. The van der Waals surface area contributed by atoms with Gasteiger partial charge in [-0.3, -0.25) is 0 Å². The molecule has 0 spiro atoms. The molecule has 4 nitrogen and oxygen atoms in total. The zero-order valence-corrected chi connectivity index (χ0v) is 12.9. The topological polar surface area (TPSA) is 61.4 Å². The van der Waals surface area contributed by atoms with Crippen molar-refractivity contribution in [2.75, 3.05) is 6.61 Å². The molecule has 0 fully saturated rings. The number of amides is 2. The van der Waals surface area contributed by atoms with Crippen LogP contribution in [0.15, 0.2) is 24.3 Å². The number of hydrogen-bond acceptors (Lipinski definition) is 2. The normalized spacial score (nSPS) is 12.8. The maximum Gasteiger partial charge on any atom is 0.315 e. The van der Waals surface area contributed by atoms with Crippen LogP contribution in [0.3, 0.4) is 0 Å². The summed E-state index contributed by atoms with van der Waals surface area (Å²) in [7, 11) is 0. The zero-order chi connectivity index (χ0) is 15.2. The molecule has 3 N–H and O–H groups in total. The Morgan fingerprint density at radius 1 is 1.25 bits per heavy atom. The van der Waals surface area contributed by atoms with Crippen LogP contribution >= 0.6 is 0 Å². The van der Waals surface area contributed by atoms with Gasteiger partial charge in [0.15, 0.2) is 0 Å². The number of carbonyl (C=O) groups is 1. The Labute approximate surface area is 121 Å². The van der Waals surface area contributed by atoms with E-state index in [-0.39, 0.29) is 24.1 Å². The Balaban J connectivity index is 2.44. The van der Waals surface area contributed by atoms with E-state index >= 15 is 0 Å². The summed E-state index contributed by atoms with van der Waals surface area (Å²) in [5.41, 5.74) is 2.49. The molecule has 0 aliphatic heterocycles. The maximum absolute atomic E-state index is 11.6. The zero-order valence-electron chi connectivity index (χ0n) is 12.9. The molecule has 0 aliphatic rings. The molecular weight excluding hydrogens is 252 g/mol. The van der Waals surface area contributed by atoms with Gasteiger partial charge in [0.25, 0.3) is 0 Å². The molecule has 0 bridgehead atoms. The number of benzene rings is 1. The predicted octanol–water partition coefficient (Wildman–Crippen LogP) is 2.55. The molecule has 2 amide bonds. The summed E-state index contributed by atoms with van der Waals surface area (Å²) >= 11 is 0. The second-order valence-corrected chi connectivity index (χ2v) is 6.19. The molecule has 1 atom stereocenters. The summed E-state index contributed by atoms with van der Waals surface area (Å²) in [5.74, 6) is 0. The standard InChI is InChI=1S/C16H26N2O2/c1-12(9-10-19)18-15(20)17-11-13-5-7-14(8-6-13)16(2,3)4/h5-8,12,19H,9-11H2,1-4H3,(H2,17,18,20)/t12-/m1/s1. The molecule has 0 aromatic heterocycles. The van der Waals surface area contributed by atoms with Crippen molar-refractivity contribution >= 4 is 6.03 Å². The fraction of sp³-hybridized carbons (Fsp3) is 0.562. The first-order valence-corrected chi connectivity index (χ1v) is 7.07. The number of hydrogen-bond donors (Lipinski definition) is 3. The highest BCUT2D eigenvalue weighted by Gasteiger charge is 2.13. The maximum atomic E-state index is 11.6. The molecule has 0 unspecified atom stereocenters. The number of aliphatic hydroxyl groups is 1. The number of urea groups is 1. The summed E-state index contributed by atoms with van der Waals surface area (Å²) in [4.78, 5) is 11.6. The lowest BCUT2D eigenvalue weighted by Crippen LogP contribution is -2.40. The summed E-state index contributed by atoms with van der Waals surface area (Å²) in [6, 6.07) is 8.05. The molecule has 112 valence electrons. The van der Waals surface area contributed by atoms with Gasteiger partial charge < -0.3 is 15.7 Å². The minimum absolute atomic E-state index is 0.0248. The van der Waals surface area contributed by atoms with E-state index in [2.05, 4.69) is 43.5 Å². The van der Waals surface area contributed by atoms with E-state index in [0.29, 0.717) is 13.0 Å². The molecule has 1 aromatic rings. The molecular formula is C16H26N2O2. The summed E-state index contributed by atoms with van der Waals surface area (Å²) in [6.07, 6.45) is 0.563. The van der Waals surface area contributed by atoms with Gasteiger partial charge in [0.1, 0.15) is 0 Å². The first kappa shape index (κ1) is 16.5. The first-order valence-electron chi connectivity index (χ1n) is 7.07. The predicted molar refractivity (Wildman–Crippen MR) is 81.7 cm³/mol. The second-order valence-electron chi connectivity index (χ2n) is 6.19. The van der Waals surface area contributed by atoms with Gasteiger partial charge in [0, 0.05) is 19.2 Å². The van der Waals surface area contributed by atoms with Gasteiger partial charge in [-0.2, -0.15) is 0 Å². The van der Waals surface area contributed by atoms with Gasteiger partial charge in [-0.15, -0.1) is 0 Å². The van der Waals surface area contributed by atoms with Crippen molar-refractivity contribution < 1.29 is 9.90 Å². The van der Waals surface area contributed by atoms with Gasteiger partial charge in [-0.25, -0.2) is 4.79 Å². The van der Waals surface area contributed by atoms with Crippen LogP contribution < -0.4 is 10.6 Å².